The first-order valence-corrected chi connectivity index (χ1v) is 10.4. The number of hydrogen-bond donors (Lipinski definition) is 2. The van der Waals surface area contributed by atoms with Crippen molar-refractivity contribution in [1.82, 2.24) is 15.1 Å². The Hall–Kier alpha value is -3.41. The maximum absolute atomic E-state index is 12.6. The summed E-state index contributed by atoms with van der Waals surface area (Å²) in [4.78, 5) is 24.0. The molecule has 0 unspecified atom stereocenters. The van der Waals surface area contributed by atoms with Crippen LogP contribution in [0, 0.1) is 5.92 Å². The topological polar surface area (TPSA) is 76.0 Å². The molecule has 0 bridgehead atoms. The van der Waals surface area contributed by atoms with Gasteiger partial charge < -0.3 is 10.6 Å². The normalized spacial score (nSPS) is 15.8. The fraction of sp³-hybridized carbons (Fsp3) is 0.292. The summed E-state index contributed by atoms with van der Waals surface area (Å²) >= 11 is 0. The lowest BCUT2D eigenvalue weighted by Crippen LogP contribution is -2.25. The largest absolute Gasteiger partial charge is 0.355 e. The maximum atomic E-state index is 12.6. The molecule has 1 saturated heterocycles. The molecule has 6 nitrogen and oxygen atoms in total. The fourth-order valence-electron chi connectivity index (χ4n) is 3.78. The van der Waals surface area contributed by atoms with Gasteiger partial charge in [0.25, 0.3) is 0 Å². The molecule has 6 heteroatoms. The Morgan fingerprint density at radius 3 is 2.67 bits per heavy atom. The number of carbonyl (C=O) groups excluding carboxylic acids is 2. The molecule has 1 fully saturated rings. The van der Waals surface area contributed by atoms with E-state index in [4.69, 9.17) is 0 Å². The first-order valence-electron chi connectivity index (χ1n) is 10.4. The molecule has 0 spiro atoms. The number of nitrogens with zero attached hydrogens (tertiary/aromatic N) is 2. The number of carbonyl (C=O) groups is 2. The van der Waals surface area contributed by atoms with Gasteiger partial charge in [-0.15, -0.1) is 0 Å². The monoisotopic (exact) mass is 402 g/mol. The summed E-state index contributed by atoms with van der Waals surface area (Å²) in [6.45, 7) is 3.15. The number of nitrogens with one attached hydrogen (secondary N) is 2. The quantitative estimate of drug-likeness (QED) is 0.634. The van der Waals surface area contributed by atoms with E-state index in [1.165, 1.54) is 5.56 Å². The van der Waals surface area contributed by atoms with Crippen LogP contribution in [0.4, 0.5) is 5.82 Å². The van der Waals surface area contributed by atoms with Crippen molar-refractivity contribution in [2.24, 2.45) is 5.92 Å². The van der Waals surface area contributed by atoms with Gasteiger partial charge in [-0.2, -0.15) is 5.10 Å². The van der Waals surface area contributed by atoms with Crippen molar-refractivity contribution in [3.63, 3.8) is 0 Å². The Kier molecular flexibility index (Phi) is 5.93. The van der Waals surface area contributed by atoms with Crippen LogP contribution in [-0.4, -0.2) is 28.1 Å². The number of benzene rings is 2. The molecule has 0 saturated carbocycles. The Morgan fingerprint density at radius 2 is 1.93 bits per heavy atom. The van der Waals surface area contributed by atoms with Crippen LogP contribution < -0.4 is 10.6 Å². The van der Waals surface area contributed by atoms with E-state index in [-0.39, 0.29) is 24.2 Å². The second kappa shape index (κ2) is 8.95. The van der Waals surface area contributed by atoms with Crippen LogP contribution in [0.25, 0.3) is 11.3 Å². The van der Waals surface area contributed by atoms with Crippen molar-refractivity contribution in [1.29, 1.82) is 0 Å². The summed E-state index contributed by atoms with van der Waals surface area (Å²) in [6, 6.07) is 20.5. The molecule has 4 rings (SSSR count). The average molecular weight is 402 g/mol. The lowest BCUT2D eigenvalue weighted by atomic mass is 10.0. The average Bonchev–Trinajstić information content (AvgIpc) is 3.35. The van der Waals surface area contributed by atoms with Crippen molar-refractivity contribution in [3.8, 4) is 11.3 Å². The van der Waals surface area contributed by atoms with Gasteiger partial charge >= 0.3 is 0 Å². The van der Waals surface area contributed by atoms with E-state index in [2.05, 4.69) is 59.1 Å². The molecular weight excluding hydrogens is 376 g/mol. The van der Waals surface area contributed by atoms with Crippen LogP contribution in [0.15, 0.2) is 60.7 Å². The highest BCUT2D eigenvalue weighted by molar-refractivity contribution is 5.96. The highest BCUT2D eigenvalue weighted by Crippen LogP contribution is 2.26. The van der Waals surface area contributed by atoms with Gasteiger partial charge in [0.1, 0.15) is 0 Å². The molecular formula is C24H26N4O2. The highest BCUT2D eigenvalue weighted by atomic mass is 16.2. The zero-order valence-electron chi connectivity index (χ0n) is 17.1. The number of hydrogen-bond acceptors (Lipinski definition) is 3. The third kappa shape index (κ3) is 4.59. The third-order valence-electron chi connectivity index (χ3n) is 5.32. The van der Waals surface area contributed by atoms with Gasteiger partial charge in [-0.1, -0.05) is 61.9 Å². The van der Waals surface area contributed by atoms with Gasteiger partial charge in [0.05, 0.1) is 18.2 Å². The molecule has 2 aromatic carbocycles. The van der Waals surface area contributed by atoms with Crippen molar-refractivity contribution in [2.75, 3.05) is 11.9 Å². The molecule has 2 heterocycles. The maximum Gasteiger partial charge on any atom is 0.230 e. The molecule has 30 heavy (non-hydrogen) atoms. The highest BCUT2D eigenvalue weighted by Gasteiger charge is 2.28. The van der Waals surface area contributed by atoms with Gasteiger partial charge in [-0.05, 0) is 23.6 Å². The molecule has 0 aliphatic carbocycles. The summed E-state index contributed by atoms with van der Waals surface area (Å²) in [5.74, 6) is -0.110. The van der Waals surface area contributed by atoms with Crippen molar-refractivity contribution < 1.29 is 9.59 Å². The number of anilines is 1. The van der Waals surface area contributed by atoms with Crippen molar-refractivity contribution in [3.05, 3.63) is 71.8 Å². The van der Waals surface area contributed by atoms with Crippen LogP contribution in [0.3, 0.4) is 0 Å². The Labute approximate surface area is 176 Å². The summed E-state index contributed by atoms with van der Waals surface area (Å²) in [5, 5.41) is 10.3. The number of aromatic nitrogens is 2. The molecule has 1 aromatic heterocycles. The fourth-order valence-corrected chi connectivity index (χ4v) is 3.78. The summed E-state index contributed by atoms with van der Waals surface area (Å²) in [5.41, 5.74) is 4.44. The molecule has 3 aromatic rings. The molecule has 1 aliphatic heterocycles. The summed E-state index contributed by atoms with van der Waals surface area (Å²) < 4.78 is 1.92. The van der Waals surface area contributed by atoms with Gasteiger partial charge in [-0.3, -0.25) is 14.3 Å². The zero-order chi connectivity index (χ0) is 20.9. The van der Waals surface area contributed by atoms with Crippen LogP contribution in [0.1, 0.15) is 30.9 Å². The second-order valence-electron chi connectivity index (χ2n) is 7.70. The smallest absolute Gasteiger partial charge is 0.230 e. The number of rotatable bonds is 7. The minimum atomic E-state index is -0.354. The predicted octanol–water partition coefficient (Wildman–Crippen LogP) is 3.63. The van der Waals surface area contributed by atoms with Gasteiger partial charge in [-0.25, -0.2) is 0 Å². The zero-order valence-corrected chi connectivity index (χ0v) is 17.1. The van der Waals surface area contributed by atoms with Crippen molar-refractivity contribution >= 4 is 17.6 Å². The molecule has 1 aliphatic rings. The SMILES string of the molecule is CCCc1cccc(-c2cc(NC(=O)[C@@H]3CNC(=O)C3)nn2Cc2ccccc2)c1. The first-order chi connectivity index (χ1) is 14.6. The number of amides is 2. The lowest BCUT2D eigenvalue weighted by molar-refractivity contribution is -0.123. The molecule has 2 amide bonds. The van der Waals surface area contributed by atoms with E-state index in [0.717, 1.165) is 29.7 Å². The van der Waals surface area contributed by atoms with E-state index in [1.54, 1.807) is 0 Å². The molecule has 0 radical (unpaired) electrons. The summed E-state index contributed by atoms with van der Waals surface area (Å²) in [6.07, 6.45) is 2.33. The van der Waals surface area contributed by atoms with E-state index >= 15 is 0 Å². The second-order valence-corrected chi connectivity index (χ2v) is 7.70. The minimum Gasteiger partial charge on any atom is -0.355 e. The standard InChI is InChI=1S/C24H26N4O2/c1-2-7-17-10-6-11-19(12-17)21-14-22(26-24(30)20-13-23(29)25-15-20)27-28(21)16-18-8-4-3-5-9-18/h3-6,8-12,14,20H,2,7,13,15-16H2,1H3,(H,25,29)(H,26,27,30)/t20-/m0/s1. The Morgan fingerprint density at radius 1 is 1.13 bits per heavy atom. The third-order valence-corrected chi connectivity index (χ3v) is 5.32. The van der Waals surface area contributed by atoms with E-state index in [1.807, 2.05) is 28.9 Å². The van der Waals surface area contributed by atoms with Crippen molar-refractivity contribution in [2.45, 2.75) is 32.7 Å². The predicted molar refractivity (Wildman–Crippen MR) is 117 cm³/mol. The molecule has 2 N–H and O–H groups in total. The van der Waals surface area contributed by atoms with Crippen LogP contribution in [0.5, 0.6) is 0 Å². The van der Waals surface area contributed by atoms with Crippen LogP contribution >= 0.6 is 0 Å². The first kappa shape index (κ1) is 19.9. The Balaban J connectivity index is 1.64. The van der Waals surface area contributed by atoms with Crippen LogP contribution in [0.2, 0.25) is 0 Å². The van der Waals surface area contributed by atoms with Gasteiger partial charge in [0.15, 0.2) is 5.82 Å². The van der Waals surface area contributed by atoms with E-state index in [0.29, 0.717) is 18.9 Å². The summed E-state index contributed by atoms with van der Waals surface area (Å²) in [7, 11) is 0. The Bertz CT molecular complexity index is 1040. The molecule has 1 atom stereocenters. The van der Waals surface area contributed by atoms with Gasteiger partial charge in [0.2, 0.25) is 11.8 Å². The minimum absolute atomic E-state index is 0.0850. The number of aryl methyl sites for hydroxylation is 1. The lowest BCUT2D eigenvalue weighted by Gasteiger charge is -2.09. The van der Waals surface area contributed by atoms with Crippen LogP contribution in [-0.2, 0) is 22.6 Å². The van der Waals surface area contributed by atoms with Gasteiger partial charge in [0, 0.05) is 24.6 Å². The van der Waals surface area contributed by atoms with E-state index in [9.17, 15) is 9.59 Å². The van der Waals surface area contributed by atoms with E-state index < -0.39 is 0 Å². The molecule has 154 valence electrons.